The van der Waals surface area contributed by atoms with Gasteiger partial charge in [-0.1, -0.05) is 48.0 Å². The second kappa shape index (κ2) is 14.7. The second-order valence-corrected chi connectivity index (χ2v) is 14.0. The van der Waals surface area contributed by atoms with Gasteiger partial charge in [-0.15, -0.1) is 0 Å². The molecule has 0 aliphatic carbocycles. The lowest BCUT2D eigenvalue weighted by Gasteiger charge is -2.40. The molecule has 5 rings (SSSR count). The number of benzene rings is 4. The Hall–Kier alpha value is -3.61. The molecule has 1 aliphatic rings. The molecule has 4 aromatic carbocycles. The molecule has 47 heavy (non-hydrogen) atoms. The molecule has 1 heterocycles. The standard InChI is InChI=1S/C35H34ClF4N3O3S/c1-21-19-42-20-28(43(21)47(45,46)33-8-3-2-6-30(33)36)13-14-29-23(5-4-7-31(29)40)17-32(44)35(41)34(22-9-11-25(37)12-10-22)24-15-26(38)18-27(39)16-24/h2-12,15-16,18,21,28,34-35,42H,13-14,17,19-20,41H2,1H3/t21-,28+,34+,35-/m1/s1. The highest BCUT2D eigenvalue weighted by molar-refractivity contribution is 7.89. The molecular weight excluding hydrogens is 654 g/mol. The summed E-state index contributed by atoms with van der Waals surface area (Å²) in [6.07, 6.45) is 0.0370. The van der Waals surface area contributed by atoms with Crippen molar-refractivity contribution in [1.29, 1.82) is 0 Å². The summed E-state index contributed by atoms with van der Waals surface area (Å²) in [7, 11) is -4.00. The van der Waals surface area contributed by atoms with Crippen LogP contribution in [-0.2, 0) is 27.7 Å². The van der Waals surface area contributed by atoms with Gasteiger partial charge in [0.05, 0.1) is 11.1 Å². The zero-order chi connectivity index (χ0) is 33.9. The number of carbonyl (C=O) groups is 1. The largest absolute Gasteiger partial charge is 0.321 e. The first-order valence-corrected chi connectivity index (χ1v) is 16.9. The van der Waals surface area contributed by atoms with Crippen molar-refractivity contribution >= 4 is 27.4 Å². The third-order valence-electron chi connectivity index (χ3n) is 8.52. The molecule has 1 aliphatic heterocycles. The van der Waals surface area contributed by atoms with Gasteiger partial charge < -0.3 is 11.1 Å². The number of nitrogens with two attached hydrogens (primary N) is 1. The second-order valence-electron chi connectivity index (χ2n) is 11.7. The minimum absolute atomic E-state index is 0.0135. The van der Waals surface area contributed by atoms with E-state index in [-0.39, 0.29) is 40.3 Å². The van der Waals surface area contributed by atoms with Crippen molar-refractivity contribution < 1.29 is 30.8 Å². The van der Waals surface area contributed by atoms with Crippen LogP contribution in [0.5, 0.6) is 0 Å². The predicted octanol–water partition coefficient (Wildman–Crippen LogP) is 6.15. The van der Waals surface area contributed by atoms with Crippen molar-refractivity contribution in [3.8, 4) is 0 Å². The summed E-state index contributed by atoms with van der Waals surface area (Å²) in [5.74, 6) is -4.39. The first-order chi connectivity index (χ1) is 22.4. The molecule has 0 aromatic heterocycles. The van der Waals surface area contributed by atoms with Crippen LogP contribution in [0.15, 0.2) is 89.8 Å². The number of hydrogen-bond donors (Lipinski definition) is 2. The van der Waals surface area contributed by atoms with Gasteiger partial charge in [-0.05, 0) is 84.5 Å². The Balaban J connectivity index is 1.40. The first kappa shape index (κ1) is 34.7. The van der Waals surface area contributed by atoms with Crippen LogP contribution in [0.3, 0.4) is 0 Å². The summed E-state index contributed by atoms with van der Waals surface area (Å²) < 4.78 is 86.5. The number of halogens is 5. The highest BCUT2D eigenvalue weighted by Gasteiger charge is 2.39. The van der Waals surface area contributed by atoms with Crippen LogP contribution < -0.4 is 11.1 Å². The van der Waals surface area contributed by atoms with Crippen molar-refractivity contribution in [2.75, 3.05) is 13.1 Å². The molecule has 12 heteroatoms. The van der Waals surface area contributed by atoms with Gasteiger partial charge >= 0.3 is 0 Å². The van der Waals surface area contributed by atoms with Crippen LogP contribution in [-0.4, -0.2) is 49.7 Å². The Morgan fingerprint density at radius 3 is 2.28 bits per heavy atom. The third-order valence-corrected chi connectivity index (χ3v) is 11.1. The number of sulfonamides is 1. The molecule has 4 aromatic rings. The van der Waals surface area contributed by atoms with Crippen LogP contribution >= 0.6 is 11.6 Å². The monoisotopic (exact) mass is 687 g/mol. The molecule has 6 nitrogen and oxygen atoms in total. The van der Waals surface area contributed by atoms with Crippen molar-refractivity contribution in [2.24, 2.45) is 5.73 Å². The highest BCUT2D eigenvalue weighted by atomic mass is 35.5. The maximum atomic E-state index is 15.4. The molecular formula is C35H34ClF4N3O3S. The van der Waals surface area contributed by atoms with E-state index in [0.29, 0.717) is 30.3 Å². The van der Waals surface area contributed by atoms with Gasteiger partial charge in [-0.25, -0.2) is 26.0 Å². The summed E-state index contributed by atoms with van der Waals surface area (Å²) in [5.41, 5.74) is 7.51. The van der Waals surface area contributed by atoms with Crippen molar-refractivity contribution in [2.45, 2.75) is 55.1 Å². The van der Waals surface area contributed by atoms with Crippen LogP contribution in [0.1, 0.15) is 41.5 Å². The van der Waals surface area contributed by atoms with E-state index in [1.165, 1.54) is 40.7 Å². The molecule has 3 N–H and O–H groups in total. The fourth-order valence-electron chi connectivity index (χ4n) is 6.31. The van der Waals surface area contributed by atoms with Gasteiger partial charge in [-0.2, -0.15) is 4.31 Å². The number of nitrogens with one attached hydrogen (secondary N) is 1. The summed E-state index contributed by atoms with van der Waals surface area (Å²) in [4.78, 5) is 13.7. The van der Waals surface area contributed by atoms with Gasteiger partial charge in [0.25, 0.3) is 0 Å². The minimum Gasteiger partial charge on any atom is -0.321 e. The number of piperazine rings is 1. The molecule has 0 spiro atoms. The van der Waals surface area contributed by atoms with Crippen LogP contribution in [0.25, 0.3) is 0 Å². The third kappa shape index (κ3) is 7.76. The number of hydrogen-bond acceptors (Lipinski definition) is 5. The molecule has 1 fully saturated rings. The molecule has 0 bridgehead atoms. The maximum absolute atomic E-state index is 15.4. The van der Waals surface area contributed by atoms with Crippen LogP contribution in [0, 0.1) is 23.3 Å². The van der Waals surface area contributed by atoms with E-state index in [1.54, 1.807) is 25.1 Å². The summed E-state index contributed by atoms with van der Waals surface area (Å²) in [6.45, 7) is 2.53. The Morgan fingerprint density at radius 2 is 1.60 bits per heavy atom. The van der Waals surface area contributed by atoms with E-state index in [2.05, 4.69) is 5.32 Å². The summed E-state index contributed by atoms with van der Waals surface area (Å²) in [5, 5.41) is 3.34. The number of carbonyl (C=O) groups excluding carboxylic acids is 1. The van der Waals surface area contributed by atoms with E-state index in [4.69, 9.17) is 17.3 Å². The van der Waals surface area contributed by atoms with Crippen molar-refractivity contribution in [3.63, 3.8) is 0 Å². The average Bonchev–Trinajstić information content (AvgIpc) is 3.01. The Kier molecular flexibility index (Phi) is 10.8. The lowest BCUT2D eigenvalue weighted by Crippen LogP contribution is -2.58. The molecule has 0 unspecified atom stereocenters. The van der Waals surface area contributed by atoms with Gasteiger partial charge in [0.1, 0.15) is 28.2 Å². The number of ketones is 1. The Labute approximate surface area is 276 Å². The quantitative estimate of drug-likeness (QED) is 0.185. The van der Waals surface area contributed by atoms with Gasteiger partial charge in [-0.3, -0.25) is 4.79 Å². The zero-order valence-corrected chi connectivity index (χ0v) is 27.0. The molecule has 0 radical (unpaired) electrons. The van der Waals surface area contributed by atoms with Crippen molar-refractivity contribution in [3.05, 3.63) is 135 Å². The number of rotatable bonds is 11. The molecule has 1 saturated heterocycles. The SMILES string of the molecule is C[C@@H]1CNC[C@H](CCc2c(F)cccc2CC(=O)[C@@H](N)[C@@H](c2ccc(F)cc2)c2cc(F)cc(F)c2)N1S(=O)(=O)c1ccccc1Cl. The summed E-state index contributed by atoms with van der Waals surface area (Å²) in [6, 6.07) is 16.2. The lowest BCUT2D eigenvalue weighted by atomic mass is 9.82. The topological polar surface area (TPSA) is 92.5 Å². The zero-order valence-electron chi connectivity index (χ0n) is 25.5. The first-order valence-electron chi connectivity index (χ1n) is 15.1. The van der Waals surface area contributed by atoms with Crippen molar-refractivity contribution in [1.82, 2.24) is 9.62 Å². The predicted molar refractivity (Wildman–Crippen MR) is 173 cm³/mol. The lowest BCUT2D eigenvalue weighted by molar-refractivity contribution is -0.119. The van der Waals surface area contributed by atoms with Gasteiger partial charge in [0.2, 0.25) is 10.0 Å². The normalized spacial score (nSPS) is 18.5. The number of Topliss-reactive ketones (excluding diaryl/α,β-unsaturated/α-hetero) is 1. The maximum Gasteiger partial charge on any atom is 0.245 e. The van der Waals surface area contributed by atoms with Gasteiger partial charge in [0.15, 0.2) is 5.78 Å². The summed E-state index contributed by atoms with van der Waals surface area (Å²) >= 11 is 6.27. The van der Waals surface area contributed by atoms with Crippen LogP contribution in [0.2, 0.25) is 5.02 Å². The molecule has 0 amide bonds. The highest BCUT2D eigenvalue weighted by Crippen LogP contribution is 2.32. The average molecular weight is 688 g/mol. The fourth-order valence-corrected chi connectivity index (χ4v) is 8.65. The minimum atomic E-state index is -4.00. The fraction of sp³-hybridized carbons (Fsp3) is 0.286. The Morgan fingerprint density at radius 1 is 0.915 bits per heavy atom. The number of nitrogens with zero attached hydrogens (tertiary/aromatic N) is 1. The van der Waals surface area contributed by atoms with E-state index < -0.39 is 63.1 Å². The van der Waals surface area contributed by atoms with E-state index in [9.17, 15) is 26.4 Å². The van der Waals surface area contributed by atoms with E-state index in [0.717, 1.165) is 24.3 Å². The van der Waals surface area contributed by atoms with Crippen LogP contribution in [0.4, 0.5) is 17.6 Å². The molecule has 0 saturated carbocycles. The Bertz CT molecular complexity index is 1840. The molecule has 4 atom stereocenters. The molecule has 248 valence electrons. The van der Waals surface area contributed by atoms with E-state index in [1.807, 2.05) is 0 Å². The van der Waals surface area contributed by atoms with E-state index >= 15 is 4.39 Å². The van der Waals surface area contributed by atoms with Gasteiger partial charge in [0, 0.05) is 43.6 Å². The smallest absolute Gasteiger partial charge is 0.245 e.